The Kier molecular flexibility index (Phi) is 5.58. The van der Waals surface area contributed by atoms with E-state index in [4.69, 9.17) is 4.74 Å². The van der Waals surface area contributed by atoms with Crippen LogP contribution in [-0.2, 0) is 0 Å². The molecule has 2 aliphatic heterocycles. The minimum atomic E-state index is -0.312. The van der Waals surface area contributed by atoms with Gasteiger partial charge in [0, 0.05) is 6.20 Å². The zero-order valence-corrected chi connectivity index (χ0v) is 20.5. The summed E-state index contributed by atoms with van der Waals surface area (Å²) in [5.41, 5.74) is 2.87. The highest BCUT2D eigenvalue weighted by Crippen LogP contribution is 2.46. The summed E-state index contributed by atoms with van der Waals surface area (Å²) in [4.78, 5) is 33.8. The van der Waals surface area contributed by atoms with Crippen LogP contribution in [0.1, 0.15) is 28.1 Å². The van der Waals surface area contributed by atoms with Gasteiger partial charge < -0.3 is 15.4 Å². The number of para-hydroxylation sites is 1. The van der Waals surface area contributed by atoms with E-state index in [2.05, 4.69) is 15.6 Å². The maximum Gasteiger partial charge on any atom is 0.331 e. The Balaban J connectivity index is 1.36. The Labute approximate surface area is 210 Å². The summed E-state index contributed by atoms with van der Waals surface area (Å²) < 4.78 is 5.95. The van der Waals surface area contributed by atoms with E-state index in [9.17, 15) is 9.59 Å². The van der Waals surface area contributed by atoms with Gasteiger partial charge in [0.2, 0.25) is 0 Å². The van der Waals surface area contributed by atoms with E-state index in [1.54, 1.807) is 22.9 Å². The first-order valence-corrected chi connectivity index (χ1v) is 13.2. The normalized spacial score (nSPS) is 16.9. The van der Waals surface area contributed by atoms with Gasteiger partial charge in [0.25, 0.3) is 5.91 Å². The second-order valence-corrected chi connectivity index (χ2v) is 10.7. The number of urea groups is 1. The van der Waals surface area contributed by atoms with Crippen molar-refractivity contribution in [2.24, 2.45) is 0 Å². The molecule has 6 rings (SSSR count). The van der Waals surface area contributed by atoms with E-state index in [0.29, 0.717) is 26.8 Å². The molecule has 0 aliphatic carbocycles. The summed E-state index contributed by atoms with van der Waals surface area (Å²) in [7, 11) is 0. The zero-order valence-electron chi connectivity index (χ0n) is 18.9. The molecule has 9 heteroatoms. The molecule has 35 heavy (non-hydrogen) atoms. The Bertz CT molecular complexity index is 1450. The lowest BCUT2D eigenvalue weighted by Gasteiger charge is -2.29. The first-order valence-electron chi connectivity index (χ1n) is 11.4. The third-order valence-corrected chi connectivity index (χ3v) is 8.44. The fourth-order valence-electron chi connectivity index (χ4n) is 4.45. The molecule has 4 aromatic rings. The van der Waals surface area contributed by atoms with E-state index < -0.39 is 0 Å². The van der Waals surface area contributed by atoms with Crippen molar-refractivity contribution in [2.75, 3.05) is 16.0 Å². The highest BCUT2D eigenvalue weighted by molar-refractivity contribution is 8.00. The van der Waals surface area contributed by atoms with E-state index in [1.165, 1.54) is 11.3 Å². The van der Waals surface area contributed by atoms with Gasteiger partial charge in [-0.15, -0.1) is 23.1 Å². The lowest BCUT2D eigenvalue weighted by molar-refractivity contribution is 0.0954. The molecular weight excluding hydrogens is 480 g/mol. The Morgan fingerprint density at radius 2 is 2.00 bits per heavy atom. The van der Waals surface area contributed by atoms with Crippen molar-refractivity contribution in [2.45, 2.75) is 25.1 Å². The van der Waals surface area contributed by atoms with Gasteiger partial charge in [-0.05, 0) is 67.5 Å². The van der Waals surface area contributed by atoms with Gasteiger partial charge >= 0.3 is 6.03 Å². The number of thiophene rings is 1. The number of aromatic nitrogens is 1. The van der Waals surface area contributed by atoms with Crippen molar-refractivity contribution in [3.05, 3.63) is 71.2 Å². The van der Waals surface area contributed by atoms with Crippen molar-refractivity contribution < 1.29 is 14.3 Å². The summed E-state index contributed by atoms with van der Waals surface area (Å²) in [6.45, 7) is 1.94. The monoisotopic (exact) mass is 502 g/mol. The van der Waals surface area contributed by atoms with Crippen LogP contribution in [0.25, 0.3) is 10.2 Å². The van der Waals surface area contributed by atoms with E-state index in [1.807, 2.05) is 61.5 Å². The van der Waals surface area contributed by atoms with Crippen molar-refractivity contribution >= 4 is 62.3 Å². The summed E-state index contributed by atoms with van der Waals surface area (Å²) in [6, 6.07) is 16.7. The molecule has 4 heterocycles. The molecule has 1 saturated heterocycles. The third kappa shape index (κ3) is 4.00. The van der Waals surface area contributed by atoms with Crippen molar-refractivity contribution in [3.63, 3.8) is 0 Å². The second kappa shape index (κ2) is 8.90. The number of aryl methyl sites for hydroxylation is 1. The fraction of sp³-hybridized carbons (Fsp3) is 0.192. The van der Waals surface area contributed by atoms with Crippen molar-refractivity contribution in [1.82, 2.24) is 10.3 Å². The maximum absolute atomic E-state index is 13.4. The Morgan fingerprint density at radius 3 is 2.77 bits per heavy atom. The first-order chi connectivity index (χ1) is 17.1. The van der Waals surface area contributed by atoms with Gasteiger partial charge in [-0.1, -0.05) is 18.2 Å². The molecule has 1 atom stereocenters. The Hall–Kier alpha value is -3.56. The maximum atomic E-state index is 13.4. The SMILES string of the molecule is Cc1cc(Oc2ccccc2)ccc1N1C(=O)Nc2c(C(=O)NC3CCCS3)sc3nccc1c23. The lowest BCUT2D eigenvalue weighted by atomic mass is 10.1. The van der Waals surface area contributed by atoms with Crippen molar-refractivity contribution in [1.29, 1.82) is 0 Å². The lowest BCUT2D eigenvalue weighted by Crippen LogP contribution is -2.36. The highest BCUT2D eigenvalue weighted by Gasteiger charge is 2.34. The Morgan fingerprint density at radius 1 is 1.14 bits per heavy atom. The standard InChI is InChI=1S/C26H22N4O3S2/c1-15-14-17(33-16-6-3-2-4-7-16)9-10-18(15)30-19-11-12-27-25-21(19)22(29-26(30)32)23(35-25)24(31)28-20-8-5-13-34-20/h2-4,6-7,9-12,14,20H,5,8,13H2,1H3,(H,28,31)(H,29,32). The number of anilines is 3. The number of carbonyl (C=O) groups is 2. The van der Waals surface area contributed by atoms with Crippen LogP contribution in [-0.4, -0.2) is 28.0 Å². The number of hydrogen-bond acceptors (Lipinski definition) is 6. The molecule has 0 bridgehead atoms. The average molecular weight is 503 g/mol. The molecule has 2 N–H and O–H groups in total. The van der Waals surface area contributed by atoms with Gasteiger partial charge in [0.1, 0.15) is 21.2 Å². The highest BCUT2D eigenvalue weighted by atomic mass is 32.2. The zero-order chi connectivity index (χ0) is 23.9. The molecule has 176 valence electrons. The molecule has 2 aliphatic rings. The van der Waals surface area contributed by atoms with Gasteiger partial charge in [0.15, 0.2) is 0 Å². The van der Waals surface area contributed by atoms with E-state index in [-0.39, 0.29) is 17.3 Å². The van der Waals surface area contributed by atoms with E-state index >= 15 is 0 Å². The predicted octanol–water partition coefficient (Wildman–Crippen LogP) is 6.66. The molecule has 0 spiro atoms. The molecule has 2 aromatic carbocycles. The molecule has 1 fully saturated rings. The number of hydrogen-bond donors (Lipinski definition) is 2. The van der Waals surface area contributed by atoms with Crippen LogP contribution >= 0.6 is 23.1 Å². The van der Waals surface area contributed by atoms with Crippen LogP contribution in [0.15, 0.2) is 60.8 Å². The summed E-state index contributed by atoms with van der Waals surface area (Å²) in [5.74, 6) is 2.32. The fourth-order valence-corrected chi connectivity index (χ4v) is 6.62. The van der Waals surface area contributed by atoms with Crippen LogP contribution in [0.4, 0.5) is 21.9 Å². The second-order valence-electron chi connectivity index (χ2n) is 8.42. The number of carbonyl (C=O) groups excluding carboxylic acids is 2. The number of rotatable bonds is 5. The molecule has 0 saturated carbocycles. The molecule has 0 radical (unpaired) electrons. The topological polar surface area (TPSA) is 83.6 Å². The predicted molar refractivity (Wildman–Crippen MR) is 141 cm³/mol. The number of nitrogens with zero attached hydrogens (tertiary/aromatic N) is 2. The quantitative estimate of drug-likeness (QED) is 0.319. The summed E-state index contributed by atoms with van der Waals surface area (Å²) in [5, 5.41) is 6.96. The molecule has 2 aromatic heterocycles. The molecule has 3 amide bonds. The number of ether oxygens (including phenoxy) is 1. The molecule has 7 nitrogen and oxygen atoms in total. The molecular formula is C26H22N4O3S2. The average Bonchev–Trinajstić information content (AvgIpc) is 3.50. The van der Waals surface area contributed by atoms with Crippen LogP contribution in [0, 0.1) is 6.92 Å². The number of pyridine rings is 1. The third-order valence-electron chi connectivity index (χ3n) is 6.06. The smallest absolute Gasteiger partial charge is 0.331 e. The largest absolute Gasteiger partial charge is 0.457 e. The van der Waals surface area contributed by atoms with Crippen LogP contribution in [0.3, 0.4) is 0 Å². The number of amides is 3. The van der Waals surface area contributed by atoms with Crippen LogP contribution in [0.5, 0.6) is 11.5 Å². The number of nitrogens with one attached hydrogen (secondary N) is 2. The van der Waals surface area contributed by atoms with Crippen molar-refractivity contribution in [3.8, 4) is 11.5 Å². The van der Waals surface area contributed by atoms with Gasteiger partial charge in [-0.3, -0.25) is 9.69 Å². The minimum Gasteiger partial charge on any atom is -0.457 e. The van der Waals surface area contributed by atoms with Crippen LogP contribution in [0.2, 0.25) is 0 Å². The van der Waals surface area contributed by atoms with Gasteiger partial charge in [0.05, 0.1) is 27.8 Å². The van der Waals surface area contributed by atoms with Gasteiger partial charge in [-0.2, -0.15) is 0 Å². The minimum absolute atomic E-state index is 0.113. The number of thioether (sulfide) groups is 1. The first kappa shape index (κ1) is 21.9. The summed E-state index contributed by atoms with van der Waals surface area (Å²) in [6.07, 6.45) is 3.74. The van der Waals surface area contributed by atoms with E-state index in [0.717, 1.165) is 41.0 Å². The molecule has 1 unspecified atom stereocenters. The number of benzene rings is 2. The van der Waals surface area contributed by atoms with Crippen LogP contribution < -0.4 is 20.3 Å². The summed E-state index contributed by atoms with van der Waals surface area (Å²) >= 11 is 3.06. The van der Waals surface area contributed by atoms with Gasteiger partial charge in [-0.25, -0.2) is 9.78 Å².